The summed E-state index contributed by atoms with van der Waals surface area (Å²) in [5, 5.41) is 14.5. The van der Waals surface area contributed by atoms with E-state index in [0.717, 1.165) is 31.4 Å². The lowest BCUT2D eigenvalue weighted by atomic mass is 10.3. The van der Waals surface area contributed by atoms with Crippen molar-refractivity contribution in [3.05, 3.63) is 0 Å². The van der Waals surface area contributed by atoms with Crippen molar-refractivity contribution in [3.63, 3.8) is 0 Å². The molecule has 1 unspecified atom stereocenters. The van der Waals surface area contributed by atoms with Crippen LogP contribution in [0.4, 0.5) is 5.13 Å². The normalized spacial score (nSPS) is 22.9. The van der Waals surface area contributed by atoms with Gasteiger partial charge >= 0.3 is 0 Å². The van der Waals surface area contributed by atoms with E-state index in [-0.39, 0.29) is 0 Å². The molecule has 0 bridgehead atoms. The third-order valence-corrected chi connectivity index (χ3v) is 2.35. The van der Waals surface area contributed by atoms with E-state index in [9.17, 15) is 0 Å². The first-order valence-electron chi connectivity index (χ1n) is 4.15. The molecule has 6 nitrogen and oxygen atoms in total. The zero-order valence-electron chi connectivity index (χ0n) is 7.06. The lowest BCUT2D eigenvalue weighted by molar-refractivity contribution is 0.0806. The van der Waals surface area contributed by atoms with Crippen LogP contribution in [0.25, 0.3) is 0 Å². The van der Waals surface area contributed by atoms with E-state index in [4.69, 9.17) is 4.74 Å². The average Bonchev–Trinajstić information content (AvgIpc) is 2.69. The summed E-state index contributed by atoms with van der Waals surface area (Å²) in [5.41, 5.74) is 0. The SMILES string of the molecule is C1COCC(CNc2nnns2)N1. The van der Waals surface area contributed by atoms with Gasteiger partial charge in [0.1, 0.15) is 0 Å². The van der Waals surface area contributed by atoms with Crippen LogP contribution in [0.1, 0.15) is 0 Å². The molecule has 1 aromatic heterocycles. The molecule has 13 heavy (non-hydrogen) atoms. The summed E-state index contributed by atoms with van der Waals surface area (Å²) in [6.45, 7) is 3.27. The van der Waals surface area contributed by atoms with E-state index < -0.39 is 0 Å². The highest BCUT2D eigenvalue weighted by Gasteiger charge is 2.12. The van der Waals surface area contributed by atoms with Crippen LogP contribution in [-0.4, -0.2) is 47.1 Å². The second-order valence-corrected chi connectivity index (χ2v) is 3.51. The van der Waals surface area contributed by atoms with Crippen molar-refractivity contribution < 1.29 is 4.74 Å². The molecule has 1 atom stereocenters. The number of hydrogen-bond donors (Lipinski definition) is 2. The molecule has 0 saturated carbocycles. The van der Waals surface area contributed by atoms with Crippen molar-refractivity contribution in [1.29, 1.82) is 0 Å². The summed E-state index contributed by atoms with van der Waals surface area (Å²) in [7, 11) is 0. The van der Waals surface area contributed by atoms with E-state index in [1.807, 2.05) is 0 Å². The molecule has 0 amide bonds. The van der Waals surface area contributed by atoms with Crippen molar-refractivity contribution >= 4 is 16.7 Å². The molecule has 0 radical (unpaired) electrons. The third-order valence-electron chi connectivity index (χ3n) is 1.80. The largest absolute Gasteiger partial charge is 0.378 e. The quantitative estimate of drug-likeness (QED) is 0.676. The molecule has 2 heterocycles. The number of rotatable bonds is 3. The zero-order valence-corrected chi connectivity index (χ0v) is 7.88. The molecule has 2 N–H and O–H groups in total. The molecule has 0 aromatic carbocycles. The first-order chi connectivity index (χ1) is 6.45. The lowest BCUT2D eigenvalue weighted by Gasteiger charge is -2.23. The Balaban J connectivity index is 1.72. The molecule has 0 aliphatic carbocycles. The molecule has 7 heteroatoms. The van der Waals surface area contributed by atoms with Crippen molar-refractivity contribution in [2.75, 3.05) is 31.6 Å². The van der Waals surface area contributed by atoms with Gasteiger partial charge in [-0.05, 0) is 5.21 Å². The molecule has 1 fully saturated rings. The highest BCUT2D eigenvalue weighted by atomic mass is 32.1. The minimum absolute atomic E-state index is 0.359. The van der Waals surface area contributed by atoms with Gasteiger partial charge in [0.2, 0.25) is 5.13 Å². The maximum atomic E-state index is 5.30. The van der Waals surface area contributed by atoms with Gasteiger partial charge in [0.15, 0.2) is 0 Å². The van der Waals surface area contributed by atoms with Crippen LogP contribution in [0.5, 0.6) is 0 Å². The molecule has 72 valence electrons. The predicted octanol–water partition coefficient (Wildman–Crippen LogP) is -0.667. The third kappa shape index (κ3) is 2.58. The van der Waals surface area contributed by atoms with Gasteiger partial charge in [-0.3, -0.25) is 0 Å². The van der Waals surface area contributed by atoms with Gasteiger partial charge < -0.3 is 15.4 Å². The highest BCUT2D eigenvalue weighted by Crippen LogP contribution is 2.04. The second kappa shape index (κ2) is 4.45. The minimum Gasteiger partial charge on any atom is -0.378 e. The Morgan fingerprint density at radius 1 is 1.69 bits per heavy atom. The maximum Gasteiger partial charge on any atom is 0.225 e. The van der Waals surface area contributed by atoms with E-state index in [1.165, 1.54) is 11.5 Å². The fraction of sp³-hybridized carbons (Fsp3) is 0.833. The van der Waals surface area contributed by atoms with E-state index in [1.54, 1.807) is 0 Å². The summed E-state index contributed by atoms with van der Waals surface area (Å²) in [6, 6.07) is 0.359. The Morgan fingerprint density at radius 3 is 3.38 bits per heavy atom. The molecule has 1 saturated heterocycles. The fourth-order valence-electron chi connectivity index (χ4n) is 1.16. The molecular weight excluding hydrogens is 190 g/mol. The van der Waals surface area contributed by atoms with Crippen LogP contribution < -0.4 is 10.6 Å². The van der Waals surface area contributed by atoms with Gasteiger partial charge in [-0.15, -0.1) is 0 Å². The Morgan fingerprint density at radius 2 is 2.69 bits per heavy atom. The molecule has 1 aromatic rings. The summed E-state index contributed by atoms with van der Waals surface area (Å²) < 4.78 is 8.95. The number of morpholine rings is 1. The monoisotopic (exact) mass is 201 g/mol. The van der Waals surface area contributed by atoms with Crippen LogP contribution in [0.3, 0.4) is 0 Å². The Labute approximate surface area is 79.8 Å². The van der Waals surface area contributed by atoms with Crippen molar-refractivity contribution in [1.82, 2.24) is 20.1 Å². The number of nitrogens with one attached hydrogen (secondary N) is 2. The number of anilines is 1. The van der Waals surface area contributed by atoms with Gasteiger partial charge in [0.05, 0.1) is 13.2 Å². The number of ether oxygens (including phenoxy) is 1. The van der Waals surface area contributed by atoms with E-state index in [0.29, 0.717) is 6.04 Å². The van der Waals surface area contributed by atoms with Crippen LogP contribution >= 0.6 is 11.5 Å². The standard InChI is InChI=1S/C6H11N5OS/c1-2-12-4-5(7-1)3-8-6-9-10-11-13-6/h5,7H,1-4H2,(H,8,9,11). The number of nitrogens with zero attached hydrogens (tertiary/aromatic N) is 3. The molecule has 1 aliphatic rings. The average molecular weight is 201 g/mol. The smallest absolute Gasteiger partial charge is 0.225 e. The first kappa shape index (κ1) is 8.79. The Kier molecular flexibility index (Phi) is 3.01. The van der Waals surface area contributed by atoms with Crippen molar-refractivity contribution in [3.8, 4) is 0 Å². The number of aromatic nitrogens is 3. The molecule has 1 aliphatic heterocycles. The highest BCUT2D eigenvalue weighted by molar-refractivity contribution is 7.09. The van der Waals surface area contributed by atoms with E-state index >= 15 is 0 Å². The first-order valence-corrected chi connectivity index (χ1v) is 4.92. The molecule has 2 rings (SSSR count). The van der Waals surface area contributed by atoms with Crippen LogP contribution in [0.15, 0.2) is 0 Å². The Hall–Kier alpha value is -0.790. The van der Waals surface area contributed by atoms with Crippen LogP contribution in [0, 0.1) is 0 Å². The minimum atomic E-state index is 0.359. The van der Waals surface area contributed by atoms with Crippen LogP contribution in [0.2, 0.25) is 0 Å². The summed E-state index contributed by atoms with van der Waals surface area (Å²) in [4.78, 5) is 0. The summed E-state index contributed by atoms with van der Waals surface area (Å²) in [6.07, 6.45) is 0. The van der Waals surface area contributed by atoms with Gasteiger partial charge in [-0.1, -0.05) is 9.59 Å². The topological polar surface area (TPSA) is 72.0 Å². The van der Waals surface area contributed by atoms with Crippen molar-refractivity contribution in [2.24, 2.45) is 0 Å². The summed E-state index contributed by atoms with van der Waals surface area (Å²) in [5.74, 6) is 0. The van der Waals surface area contributed by atoms with Gasteiger partial charge in [-0.25, -0.2) is 0 Å². The second-order valence-electron chi connectivity index (χ2n) is 2.77. The van der Waals surface area contributed by atoms with Gasteiger partial charge in [-0.2, -0.15) is 0 Å². The molecular formula is C6H11N5OS. The number of hydrogen-bond acceptors (Lipinski definition) is 7. The van der Waals surface area contributed by atoms with E-state index in [2.05, 4.69) is 25.4 Å². The maximum absolute atomic E-state index is 5.30. The molecule has 0 spiro atoms. The van der Waals surface area contributed by atoms with Crippen molar-refractivity contribution in [2.45, 2.75) is 6.04 Å². The summed E-state index contributed by atoms with van der Waals surface area (Å²) >= 11 is 1.26. The lowest BCUT2D eigenvalue weighted by Crippen LogP contribution is -2.45. The fourth-order valence-corrected chi connectivity index (χ4v) is 1.53. The van der Waals surface area contributed by atoms with Gasteiger partial charge in [0.25, 0.3) is 0 Å². The zero-order chi connectivity index (χ0) is 8.93. The Bertz CT molecular complexity index is 235. The predicted molar refractivity (Wildman–Crippen MR) is 48.8 cm³/mol. The van der Waals surface area contributed by atoms with Crippen LogP contribution in [-0.2, 0) is 4.74 Å². The van der Waals surface area contributed by atoms with Gasteiger partial charge in [0, 0.05) is 30.7 Å².